The first-order valence-corrected chi connectivity index (χ1v) is 9.92. The number of para-hydroxylation sites is 2. The van der Waals surface area contributed by atoms with Gasteiger partial charge in [-0.3, -0.25) is 14.5 Å². The van der Waals surface area contributed by atoms with Gasteiger partial charge in [-0.2, -0.15) is 0 Å². The van der Waals surface area contributed by atoms with E-state index < -0.39 is 22.7 Å². The molecule has 30 heavy (non-hydrogen) atoms. The number of ether oxygens (including phenoxy) is 1. The largest absolute Gasteiger partial charge is 0.374 e. The highest BCUT2D eigenvalue weighted by atomic mass is 35.5. The Morgan fingerprint density at radius 3 is 2.63 bits per heavy atom. The second-order valence-electron chi connectivity index (χ2n) is 8.48. The van der Waals surface area contributed by atoms with Gasteiger partial charge in [-0.15, -0.1) is 0 Å². The van der Waals surface area contributed by atoms with Crippen LogP contribution in [0.1, 0.15) is 31.4 Å². The van der Waals surface area contributed by atoms with Crippen LogP contribution >= 0.6 is 11.6 Å². The van der Waals surface area contributed by atoms with Crippen molar-refractivity contribution in [2.45, 2.75) is 32.0 Å². The fourth-order valence-corrected chi connectivity index (χ4v) is 3.77. The summed E-state index contributed by atoms with van der Waals surface area (Å²) < 4.78 is 21.8. The number of hydrogen-bond acceptors (Lipinski definition) is 4. The first kappa shape index (κ1) is 20.6. The van der Waals surface area contributed by atoms with E-state index in [9.17, 15) is 9.59 Å². The lowest BCUT2D eigenvalue weighted by atomic mass is 10.0. The van der Waals surface area contributed by atoms with Crippen LogP contribution in [0, 0.1) is 0 Å². The number of H-pyrrole nitrogens is 1. The highest BCUT2D eigenvalue weighted by Crippen LogP contribution is 2.31. The molecule has 0 radical (unpaired) electrons. The number of carbonyl (C=O) groups excluding carboxylic acids is 1. The zero-order valence-electron chi connectivity index (χ0n) is 16.9. The van der Waals surface area contributed by atoms with Gasteiger partial charge >= 0.3 is 0 Å². The summed E-state index contributed by atoms with van der Waals surface area (Å²) in [6.45, 7) is 5.27. The Labute approximate surface area is 177 Å². The van der Waals surface area contributed by atoms with Crippen molar-refractivity contribution in [1.29, 1.82) is 0 Å². The number of halogens is 2. The lowest BCUT2D eigenvalue weighted by molar-refractivity contribution is -0.123. The van der Waals surface area contributed by atoms with Gasteiger partial charge in [-0.1, -0.05) is 23.7 Å². The van der Waals surface area contributed by atoms with Gasteiger partial charge < -0.3 is 14.3 Å². The van der Waals surface area contributed by atoms with Crippen molar-refractivity contribution >= 4 is 34.4 Å². The molecule has 1 aromatic carbocycles. The molecule has 2 aromatic heterocycles. The Bertz CT molecular complexity index is 1180. The predicted octanol–water partition coefficient (Wildman–Crippen LogP) is 3.52. The molecule has 158 valence electrons. The standard InChI is InChI=1S/C21H22ClFN4O3/c1-20(2,3)27-15-7-5-4-6-14(15)24-18(27)19(29)26(10-21(23)11-30-12-21)17-13(22)8-9-16(28)25-17/h4-9H,10-12H2,1-3H3,(H,25,28). The summed E-state index contributed by atoms with van der Waals surface area (Å²) in [5.41, 5.74) is -1.24. The lowest BCUT2D eigenvalue weighted by Gasteiger charge is -2.38. The fraction of sp³-hybridized carbons (Fsp3) is 0.381. The number of amides is 1. The van der Waals surface area contributed by atoms with Gasteiger partial charge in [0, 0.05) is 11.6 Å². The molecule has 1 N–H and O–H groups in total. The highest BCUT2D eigenvalue weighted by Gasteiger charge is 2.43. The first-order chi connectivity index (χ1) is 14.1. The molecule has 0 bridgehead atoms. The van der Waals surface area contributed by atoms with E-state index in [4.69, 9.17) is 16.3 Å². The van der Waals surface area contributed by atoms with E-state index in [1.165, 1.54) is 12.1 Å². The number of benzene rings is 1. The fourth-order valence-electron chi connectivity index (χ4n) is 3.56. The van der Waals surface area contributed by atoms with Gasteiger partial charge in [0.05, 0.1) is 35.8 Å². The van der Waals surface area contributed by atoms with E-state index in [1.54, 1.807) is 0 Å². The molecular weight excluding hydrogens is 411 g/mol. The summed E-state index contributed by atoms with van der Waals surface area (Å²) in [5, 5.41) is 0.130. The van der Waals surface area contributed by atoms with Crippen molar-refractivity contribution in [3.05, 3.63) is 57.6 Å². The van der Waals surface area contributed by atoms with E-state index in [2.05, 4.69) is 9.97 Å². The van der Waals surface area contributed by atoms with Crippen LogP contribution in [0.3, 0.4) is 0 Å². The van der Waals surface area contributed by atoms with E-state index in [0.717, 1.165) is 10.4 Å². The Kier molecular flexibility index (Phi) is 4.94. The lowest BCUT2D eigenvalue weighted by Crippen LogP contribution is -2.55. The van der Waals surface area contributed by atoms with Crippen LogP contribution in [0.5, 0.6) is 0 Å². The maximum Gasteiger partial charge on any atom is 0.295 e. The van der Waals surface area contributed by atoms with Crippen LogP contribution in [0.15, 0.2) is 41.2 Å². The Hall–Kier alpha value is -2.71. The number of hydrogen-bond donors (Lipinski definition) is 1. The number of pyridine rings is 1. The van der Waals surface area contributed by atoms with Crippen molar-refractivity contribution in [2.75, 3.05) is 24.7 Å². The third-order valence-electron chi connectivity index (χ3n) is 4.95. The third-order valence-corrected chi connectivity index (χ3v) is 5.25. The van der Waals surface area contributed by atoms with Crippen molar-refractivity contribution < 1.29 is 13.9 Å². The number of nitrogens with zero attached hydrogens (tertiary/aromatic N) is 3. The summed E-state index contributed by atoms with van der Waals surface area (Å²) in [6, 6.07) is 10.0. The Morgan fingerprint density at radius 2 is 2.00 bits per heavy atom. The molecule has 7 nitrogen and oxygen atoms in total. The average Bonchev–Trinajstić information content (AvgIpc) is 3.06. The minimum absolute atomic E-state index is 0.0330. The second-order valence-corrected chi connectivity index (χ2v) is 8.89. The maximum atomic E-state index is 15.0. The molecule has 0 saturated carbocycles. The maximum absolute atomic E-state index is 15.0. The summed E-state index contributed by atoms with van der Waals surface area (Å²) in [6.07, 6.45) is 0. The minimum Gasteiger partial charge on any atom is -0.374 e. The van der Waals surface area contributed by atoms with E-state index >= 15 is 4.39 Å². The molecule has 3 aromatic rings. The van der Waals surface area contributed by atoms with Crippen LogP contribution in [0.4, 0.5) is 10.2 Å². The van der Waals surface area contributed by atoms with E-state index in [1.807, 2.05) is 49.6 Å². The second kappa shape index (κ2) is 7.21. The van der Waals surface area contributed by atoms with Crippen LogP contribution in [-0.2, 0) is 10.3 Å². The number of aromatic amines is 1. The molecule has 9 heteroatoms. The molecule has 1 aliphatic rings. The first-order valence-electron chi connectivity index (χ1n) is 9.54. The molecule has 0 aliphatic carbocycles. The quantitative estimate of drug-likeness (QED) is 0.684. The number of carbonyl (C=O) groups is 1. The topological polar surface area (TPSA) is 80.2 Å². The van der Waals surface area contributed by atoms with Crippen molar-refractivity contribution in [3.8, 4) is 0 Å². The Morgan fingerprint density at radius 1 is 1.30 bits per heavy atom. The number of fused-ring (bicyclic) bond motifs is 1. The van der Waals surface area contributed by atoms with Gasteiger partial charge in [-0.05, 0) is 39.0 Å². The van der Waals surface area contributed by atoms with E-state index in [0.29, 0.717) is 5.52 Å². The van der Waals surface area contributed by atoms with Crippen LogP contribution in [-0.4, -0.2) is 45.9 Å². The van der Waals surface area contributed by atoms with Crippen LogP contribution in [0.25, 0.3) is 11.0 Å². The van der Waals surface area contributed by atoms with Crippen LogP contribution < -0.4 is 10.5 Å². The molecular formula is C21H22ClFN4O3. The average molecular weight is 433 g/mol. The van der Waals surface area contributed by atoms with Gasteiger partial charge in [0.2, 0.25) is 11.4 Å². The normalized spacial score (nSPS) is 15.8. The molecule has 4 rings (SSSR count). The van der Waals surface area contributed by atoms with Crippen molar-refractivity contribution in [3.63, 3.8) is 0 Å². The summed E-state index contributed by atoms with van der Waals surface area (Å²) in [4.78, 5) is 33.9. The molecule has 3 heterocycles. The number of rotatable bonds is 4. The number of nitrogens with one attached hydrogen (secondary N) is 1. The third kappa shape index (κ3) is 3.61. The zero-order valence-corrected chi connectivity index (χ0v) is 17.7. The van der Waals surface area contributed by atoms with Crippen molar-refractivity contribution in [1.82, 2.24) is 14.5 Å². The number of imidazole rings is 1. The molecule has 0 atom stereocenters. The molecule has 1 saturated heterocycles. The highest BCUT2D eigenvalue weighted by molar-refractivity contribution is 6.33. The van der Waals surface area contributed by atoms with Gasteiger partial charge in [0.25, 0.3) is 5.91 Å². The number of alkyl halides is 1. The molecule has 1 aliphatic heterocycles. The zero-order chi connectivity index (χ0) is 21.7. The predicted molar refractivity (Wildman–Crippen MR) is 113 cm³/mol. The molecule has 0 spiro atoms. The van der Waals surface area contributed by atoms with Gasteiger partial charge in [0.1, 0.15) is 5.82 Å². The Balaban J connectivity index is 1.89. The van der Waals surface area contributed by atoms with Crippen molar-refractivity contribution in [2.24, 2.45) is 0 Å². The van der Waals surface area contributed by atoms with Gasteiger partial charge in [-0.25, -0.2) is 9.37 Å². The summed E-state index contributed by atoms with van der Waals surface area (Å²) in [7, 11) is 0. The van der Waals surface area contributed by atoms with E-state index in [-0.39, 0.29) is 36.4 Å². The number of aromatic nitrogens is 3. The van der Waals surface area contributed by atoms with Crippen LogP contribution in [0.2, 0.25) is 5.02 Å². The smallest absolute Gasteiger partial charge is 0.295 e. The molecule has 1 fully saturated rings. The monoisotopic (exact) mass is 432 g/mol. The summed E-state index contributed by atoms with van der Waals surface area (Å²) >= 11 is 6.28. The molecule has 1 amide bonds. The number of anilines is 1. The minimum atomic E-state index is -1.73. The summed E-state index contributed by atoms with van der Waals surface area (Å²) in [5.74, 6) is -0.396. The SMILES string of the molecule is CC(C)(C)n1c(C(=O)N(CC2(F)COC2)c2[nH]c(=O)ccc2Cl)nc2ccccc21. The molecule has 0 unspecified atom stereocenters. The van der Waals surface area contributed by atoms with Gasteiger partial charge in [0.15, 0.2) is 5.67 Å².